The minimum Gasteiger partial charge on any atom is -0.309 e. The van der Waals surface area contributed by atoms with E-state index in [1.54, 1.807) is 0 Å². The first-order valence-corrected chi connectivity index (χ1v) is 17.7. The van der Waals surface area contributed by atoms with Gasteiger partial charge in [-0.2, -0.15) is 0 Å². The van der Waals surface area contributed by atoms with Gasteiger partial charge in [0.1, 0.15) is 0 Å². The van der Waals surface area contributed by atoms with Gasteiger partial charge in [-0.3, -0.25) is 0 Å². The molecular weight excluding hydrogens is 633 g/mol. The summed E-state index contributed by atoms with van der Waals surface area (Å²) in [6, 6.07) is 62.9. The van der Waals surface area contributed by atoms with Crippen molar-refractivity contribution in [3.05, 3.63) is 182 Å². The molecule has 4 heterocycles. The normalized spacial score (nSPS) is 11.8. The van der Waals surface area contributed by atoms with Gasteiger partial charge in [-0.25, -0.2) is 9.97 Å². The van der Waals surface area contributed by atoms with Crippen LogP contribution in [0.5, 0.6) is 0 Å². The highest BCUT2D eigenvalue weighted by molar-refractivity contribution is 6.22. The van der Waals surface area contributed by atoms with Gasteiger partial charge in [-0.05, 0) is 59.0 Å². The van der Waals surface area contributed by atoms with Gasteiger partial charge < -0.3 is 8.97 Å². The van der Waals surface area contributed by atoms with E-state index in [9.17, 15) is 0 Å². The maximum atomic E-state index is 5.08. The summed E-state index contributed by atoms with van der Waals surface area (Å²) in [5.74, 6) is 0.699. The van der Waals surface area contributed by atoms with E-state index in [1.165, 1.54) is 71.0 Å². The lowest BCUT2D eigenvalue weighted by atomic mass is 10.0. The second kappa shape index (κ2) is 11.2. The Kier molecular flexibility index (Phi) is 6.22. The zero-order chi connectivity index (χ0) is 34.2. The SMILES string of the molecule is c1ccc(-c2ccc(-c3ccnc(-c4cccc(-n5c6ccccc6c6ccc7c(cc8c9ccccc9c9ccccc9n87)c65)c4)n3)cc2)cc1. The molecule has 0 radical (unpaired) electrons. The summed E-state index contributed by atoms with van der Waals surface area (Å²) in [4.78, 5) is 9.84. The van der Waals surface area contributed by atoms with E-state index in [-0.39, 0.29) is 0 Å². The number of benzene rings is 7. The number of hydrogen-bond acceptors (Lipinski definition) is 2. The highest BCUT2D eigenvalue weighted by atomic mass is 15.0. The summed E-state index contributed by atoms with van der Waals surface area (Å²) in [5, 5.41) is 7.46. The largest absolute Gasteiger partial charge is 0.309 e. The minimum atomic E-state index is 0.699. The van der Waals surface area contributed by atoms with Gasteiger partial charge in [0.05, 0.1) is 33.3 Å². The molecule has 0 fully saturated rings. The zero-order valence-corrected chi connectivity index (χ0v) is 28.1. The second-order valence-corrected chi connectivity index (χ2v) is 13.4. The Morgan fingerprint density at radius 2 is 0.981 bits per heavy atom. The van der Waals surface area contributed by atoms with Crippen LogP contribution in [0.15, 0.2) is 182 Å². The van der Waals surface area contributed by atoms with Crippen LogP contribution in [0.1, 0.15) is 0 Å². The van der Waals surface area contributed by atoms with Crippen molar-refractivity contribution in [1.29, 1.82) is 0 Å². The molecule has 11 aromatic rings. The Morgan fingerprint density at radius 3 is 1.79 bits per heavy atom. The average molecular weight is 663 g/mol. The Balaban J connectivity index is 1.11. The quantitative estimate of drug-likeness (QED) is 0.176. The Bertz CT molecular complexity index is 3170. The van der Waals surface area contributed by atoms with Crippen LogP contribution in [0.3, 0.4) is 0 Å². The Hall–Kier alpha value is -7.04. The van der Waals surface area contributed by atoms with E-state index in [4.69, 9.17) is 9.97 Å². The number of nitrogens with zero attached hydrogens (tertiary/aromatic N) is 4. The summed E-state index contributed by atoms with van der Waals surface area (Å²) in [6.07, 6.45) is 1.86. The Labute approximate surface area is 299 Å². The van der Waals surface area contributed by atoms with E-state index >= 15 is 0 Å². The summed E-state index contributed by atoms with van der Waals surface area (Å²) in [6.45, 7) is 0. The van der Waals surface area contributed by atoms with Crippen molar-refractivity contribution in [2.45, 2.75) is 0 Å². The molecule has 4 heteroatoms. The molecule has 0 atom stereocenters. The second-order valence-electron chi connectivity index (χ2n) is 13.4. The van der Waals surface area contributed by atoms with Gasteiger partial charge in [-0.15, -0.1) is 0 Å². The molecule has 0 unspecified atom stereocenters. The maximum absolute atomic E-state index is 5.08. The third-order valence-corrected chi connectivity index (χ3v) is 10.6. The molecule has 0 aliphatic rings. The molecule has 0 bridgehead atoms. The predicted molar refractivity (Wildman–Crippen MR) is 216 cm³/mol. The fourth-order valence-corrected chi connectivity index (χ4v) is 8.21. The minimum absolute atomic E-state index is 0.699. The molecule has 0 saturated carbocycles. The van der Waals surface area contributed by atoms with Crippen molar-refractivity contribution in [2.24, 2.45) is 0 Å². The number of fused-ring (bicyclic) bond motifs is 12. The van der Waals surface area contributed by atoms with Crippen LogP contribution in [0.25, 0.3) is 99.4 Å². The van der Waals surface area contributed by atoms with Crippen molar-refractivity contribution in [3.63, 3.8) is 0 Å². The first-order valence-electron chi connectivity index (χ1n) is 17.7. The monoisotopic (exact) mass is 662 g/mol. The number of hydrogen-bond donors (Lipinski definition) is 0. The van der Waals surface area contributed by atoms with Crippen LogP contribution >= 0.6 is 0 Å². The molecule has 0 N–H and O–H groups in total. The number of rotatable bonds is 4. The van der Waals surface area contributed by atoms with E-state index in [1.807, 2.05) is 18.3 Å². The lowest BCUT2D eigenvalue weighted by Crippen LogP contribution is -1.97. The smallest absolute Gasteiger partial charge is 0.159 e. The summed E-state index contributed by atoms with van der Waals surface area (Å²) < 4.78 is 4.86. The van der Waals surface area contributed by atoms with Crippen LogP contribution in [0, 0.1) is 0 Å². The van der Waals surface area contributed by atoms with Crippen molar-refractivity contribution >= 4 is 59.9 Å². The molecule has 11 rings (SSSR count). The van der Waals surface area contributed by atoms with Crippen molar-refractivity contribution in [1.82, 2.24) is 18.9 Å². The molecule has 4 nitrogen and oxygen atoms in total. The lowest BCUT2D eigenvalue weighted by Gasteiger charge is -2.11. The fraction of sp³-hybridized carbons (Fsp3) is 0. The van der Waals surface area contributed by atoms with Gasteiger partial charge in [0.15, 0.2) is 5.82 Å². The topological polar surface area (TPSA) is 35.1 Å². The van der Waals surface area contributed by atoms with E-state index < -0.39 is 0 Å². The van der Waals surface area contributed by atoms with Gasteiger partial charge in [0, 0.05) is 49.9 Å². The van der Waals surface area contributed by atoms with Crippen molar-refractivity contribution in [2.75, 3.05) is 0 Å². The molecule has 0 spiro atoms. The Morgan fingerprint density at radius 1 is 0.365 bits per heavy atom. The van der Waals surface area contributed by atoms with Gasteiger partial charge in [0.25, 0.3) is 0 Å². The van der Waals surface area contributed by atoms with E-state index in [0.717, 1.165) is 22.5 Å². The maximum Gasteiger partial charge on any atom is 0.159 e. The first kappa shape index (κ1) is 28.8. The average Bonchev–Trinajstić information content (AvgIpc) is 3.79. The van der Waals surface area contributed by atoms with Crippen LogP contribution in [-0.4, -0.2) is 18.9 Å². The molecule has 52 heavy (non-hydrogen) atoms. The summed E-state index contributed by atoms with van der Waals surface area (Å²) in [5.41, 5.74) is 12.4. The van der Waals surface area contributed by atoms with Crippen molar-refractivity contribution < 1.29 is 0 Å². The molecule has 0 amide bonds. The van der Waals surface area contributed by atoms with E-state index in [2.05, 4.69) is 173 Å². The van der Waals surface area contributed by atoms with Crippen LogP contribution in [-0.2, 0) is 0 Å². The van der Waals surface area contributed by atoms with Crippen molar-refractivity contribution in [3.8, 4) is 39.5 Å². The third kappa shape index (κ3) is 4.28. The van der Waals surface area contributed by atoms with E-state index in [0.29, 0.717) is 5.82 Å². The molecule has 4 aromatic heterocycles. The fourth-order valence-electron chi connectivity index (χ4n) is 8.21. The predicted octanol–water partition coefficient (Wildman–Crippen LogP) is 12.3. The zero-order valence-electron chi connectivity index (χ0n) is 28.1. The van der Waals surface area contributed by atoms with Gasteiger partial charge >= 0.3 is 0 Å². The molecule has 0 aliphatic heterocycles. The van der Waals surface area contributed by atoms with Gasteiger partial charge in [-0.1, -0.05) is 133 Å². The number of pyridine rings is 1. The standard InChI is InChI=1S/C48H30N4/c1-2-11-31(12-3-1)32-21-23-33(24-22-32)42-27-28-49-48(50-42)34-13-10-14-35(29-34)51-43-19-8-7-18-39(43)40-25-26-45-41(47(40)51)30-46-38-17-5-4-15-36(38)37-16-6-9-20-44(37)52(45)46/h1-30H. The summed E-state index contributed by atoms with van der Waals surface area (Å²) in [7, 11) is 0. The third-order valence-electron chi connectivity index (χ3n) is 10.6. The molecule has 7 aromatic carbocycles. The van der Waals surface area contributed by atoms with Gasteiger partial charge in [0.2, 0.25) is 0 Å². The molecule has 0 aliphatic carbocycles. The molecular formula is C48H30N4. The number of aromatic nitrogens is 4. The van der Waals surface area contributed by atoms with Crippen LogP contribution < -0.4 is 0 Å². The summed E-state index contributed by atoms with van der Waals surface area (Å²) >= 11 is 0. The highest BCUT2D eigenvalue weighted by Gasteiger charge is 2.19. The first-order chi connectivity index (χ1) is 25.8. The van der Waals surface area contributed by atoms with Crippen LogP contribution in [0.2, 0.25) is 0 Å². The number of para-hydroxylation sites is 2. The lowest BCUT2D eigenvalue weighted by molar-refractivity contribution is 1.16. The van der Waals surface area contributed by atoms with Crippen LogP contribution in [0.4, 0.5) is 0 Å². The highest BCUT2D eigenvalue weighted by Crippen LogP contribution is 2.41. The molecule has 242 valence electrons. The molecule has 0 saturated heterocycles.